The van der Waals surface area contributed by atoms with Crippen LogP contribution in [0.2, 0.25) is 0 Å². The summed E-state index contributed by atoms with van der Waals surface area (Å²) < 4.78 is 0. The molecule has 0 spiro atoms. The van der Waals surface area contributed by atoms with Crippen molar-refractivity contribution in [2.75, 3.05) is 13.1 Å². The standard InChI is InChI=1S/C15H20N2O3/c1-3-8-16(10-12-5-6-12)15(18)13-7-4-11(2)14(9-13)17(19)20/h4,7,9,12H,3,5-6,8,10H2,1-2H3. The third kappa shape index (κ3) is 3.35. The summed E-state index contributed by atoms with van der Waals surface area (Å²) in [5, 5.41) is 11.0. The minimum atomic E-state index is -0.433. The number of benzene rings is 1. The summed E-state index contributed by atoms with van der Waals surface area (Å²) in [5.41, 5.74) is 1.01. The Morgan fingerprint density at radius 1 is 1.45 bits per heavy atom. The first-order valence-electron chi connectivity index (χ1n) is 7.07. The van der Waals surface area contributed by atoms with E-state index >= 15 is 0 Å². The predicted octanol–water partition coefficient (Wildman–Crippen LogP) is 3.17. The summed E-state index contributed by atoms with van der Waals surface area (Å²) in [4.78, 5) is 24.8. The average Bonchev–Trinajstić information content (AvgIpc) is 3.21. The SMILES string of the molecule is CCCN(CC1CC1)C(=O)c1ccc(C)c([N+](=O)[O-])c1. The molecule has 0 saturated heterocycles. The van der Waals surface area contributed by atoms with Gasteiger partial charge in [0.05, 0.1) is 4.92 Å². The van der Waals surface area contributed by atoms with Crippen molar-refractivity contribution in [1.82, 2.24) is 4.90 Å². The average molecular weight is 276 g/mol. The lowest BCUT2D eigenvalue weighted by molar-refractivity contribution is -0.385. The fourth-order valence-corrected chi connectivity index (χ4v) is 2.28. The Bertz CT molecular complexity index is 524. The Morgan fingerprint density at radius 2 is 2.15 bits per heavy atom. The van der Waals surface area contributed by atoms with Gasteiger partial charge in [0.1, 0.15) is 0 Å². The van der Waals surface area contributed by atoms with Crippen molar-refractivity contribution in [3.8, 4) is 0 Å². The highest BCUT2D eigenvalue weighted by Gasteiger charge is 2.27. The molecule has 0 radical (unpaired) electrons. The van der Waals surface area contributed by atoms with Crippen molar-refractivity contribution in [3.05, 3.63) is 39.4 Å². The zero-order chi connectivity index (χ0) is 14.7. The molecule has 0 N–H and O–H groups in total. The van der Waals surface area contributed by atoms with Gasteiger partial charge in [-0.2, -0.15) is 0 Å². The molecule has 0 aromatic heterocycles. The molecule has 0 bridgehead atoms. The predicted molar refractivity (Wildman–Crippen MR) is 76.8 cm³/mol. The molecule has 108 valence electrons. The van der Waals surface area contributed by atoms with Gasteiger partial charge in [-0.05, 0) is 38.2 Å². The van der Waals surface area contributed by atoms with Gasteiger partial charge in [-0.3, -0.25) is 14.9 Å². The van der Waals surface area contributed by atoms with Gasteiger partial charge in [-0.1, -0.05) is 13.0 Å². The molecule has 1 aliphatic carbocycles. The van der Waals surface area contributed by atoms with Crippen molar-refractivity contribution >= 4 is 11.6 Å². The number of nitro groups is 1. The van der Waals surface area contributed by atoms with Crippen LogP contribution in [-0.4, -0.2) is 28.8 Å². The second kappa shape index (κ2) is 6.03. The first-order chi connectivity index (χ1) is 9.52. The molecule has 1 aromatic carbocycles. The van der Waals surface area contributed by atoms with E-state index < -0.39 is 4.92 Å². The van der Waals surface area contributed by atoms with Crippen molar-refractivity contribution < 1.29 is 9.72 Å². The minimum Gasteiger partial charge on any atom is -0.338 e. The quantitative estimate of drug-likeness (QED) is 0.592. The Balaban J connectivity index is 2.21. The van der Waals surface area contributed by atoms with Crippen LogP contribution >= 0.6 is 0 Å². The van der Waals surface area contributed by atoms with Crippen LogP contribution in [0.25, 0.3) is 0 Å². The van der Waals surface area contributed by atoms with Gasteiger partial charge in [-0.15, -0.1) is 0 Å². The van der Waals surface area contributed by atoms with Crippen LogP contribution in [-0.2, 0) is 0 Å². The zero-order valence-electron chi connectivity index (χ0n) is 12.0. The molecule has 1 aromatic rings. The number of amides is 1. The number of aryl methyl sites for hydroxylation is 1. The third-order valence-electron chi connectivity index (χ3n) is 3.61. The van der Waals surface area contributed by atoms with Gasteiger partial charge in [-0.25, -0.2) is 0 Å². The van der Waals surface area contributed by atoms with Crippen LogP contribution in [0.15, 0.2) is 18.2 Å². The summed E-state index contributed by atoms with van der Waals surface area (Å²) >= 11 is 0. The number of hydrogen-bond donors (Lipinski definition) is 0. The van der Waals surface area contributed by atoms with E-state index in [9.17, 15) is 14.9 Å². The van der Waals surface area contributed by atoms with E-state index in [0.717, 1.165) is 13.0 Å². The van der Waals surface area contributed by atoms with E-state index in [1.165, 1.54) is 18.9 Å². The van der Waals surface area contributed by atoms with Crippen LogP contribution < -0.4 is 0 Å². The van der Waals surface area contributed by atoms with Crippen molar-refractivity contribution in [2.24, 2.45) is 5.92 Å². The van der Waals surface area contributed by atoms with E-state index in [-0.39, 0.29) is 11.6 Å². The molecule has 0 heterocycles. The van der Waals surface area contributed by atoms with Gasteiger partial charge in [0, 0.05) is 30.3 Å². The molecule has 2 rings (SSSR count). The number of carbonyl (C=O) groups excluding carboxylic acids is 1. The zero-order valence-corrected chi connectivity index (χ0v) is 12.0. The highest BCUT2D eigenvalue weighted by molar-refractivity contribution is 5.95. The maximum absolute atomic E-state index is 12.5. The van der Waals surface area contributed by atoms with Crippen LogP contribution in [0.4, 0.5) is 5.69 Å². The first kappa shape index (κ1) is 14.5. The molecule has 5 heteroatoms. The van der Waals surface area contributed by atoms with Crippen molar-refractivity contribution in [3.63, 3.8) is 0 Å². The molecule has 0 atom stereocenters. The smallest absolute Gasteiger partial charge is 0.273 e. The number of nitrogens with zero attached hydrogens (tertiary/aromatic N) is 2. The Labute approximate surface area is 118 Å². The molecule has 1 saturated carbocycles. The largest absolute Gasteiger partial charge is 0.338 e. The summed E-state index contributed by atoms with van der Waals surface area (Å²) in [6.45, 7) is 5.19. The minimum absolute atomic E-state index is 0.0127. The van der Waals surface area contributed by atoms with Gasteiger partial charge in [0.2, 0.25) is 0 Å². The third-order valence-corrected chi connectivity index (χ3v) is 3.61. The molecular weight excluding hydrogens is 256 g/mol. The molecule has 1 amide bonds. The molecule has 0 aliphatic heterocycles. The Hall–Kier alpha value is -1.91. The number of hydrogen-bond acceptors (Lipinski definition) is 3. The van der Waals surface area contributed by atoms with Crippen LogP contribution in [0, 0.1) is 23.0 Å². The number of carbonyl (C=O) groups is 1. The van der Waals surface area contributed by atoms with Crippen LogP contribution in [0.5, 0.6) is 0 Å². The monoisotopic (exact) mass is 276 g/mol. The highest BCUT2D eigenvalue weighted by atomic mass is 16.6. The Morgan fingerprint density at radius 3 is 2.70 bits per heavy atom. The maximum atomic E-state index is 12.5. The second-order valence-corrected chi connectivity index (χ2v) is 5.45. The van der Waals surface area contributed by atoms with E-state index in [0.29, 0.717) is 23.6 Å². The van der Waals surface area contributed by atoms with Crippen LogP contribution in [0.3, 0.4) is 0 Å². The summed E-state index contributed by atoms with van der Waals surface area (Å²) in [5.74, 6) is 0.521. The molecule has 5 nitrogen and oxygen atoms in total. The fraction of sp³-hybridized carbons (Fsp3) is 0.533. The fourth-order valence-electron chi connectivity index (χ4n) is 2.28. The molecular formula is C15H20N2O3. The van der Waals surface area contributed by atoms with E-state index in [4.69, 9.17) is 0 Å². The Kier molecular flexibility index (Phi) is 4.37. The van der Waals surface area contributed by atoms with Gasteiger partial charge >= 0.3 is 0 Å². The summed E-state index contributed by atoms with van der Waals surface area (Å²) in [6.07, 6.45) is 3.26. The topological polar surface area (TPSA) is 63.5 Å². The van der Waals surface area contributed by atoms with E-state index in [1.807, 2.05) is 11.8 Å². The molecule has 1 fully saturated rings. The number of rotatable bonds is 6. The maximum Gasteiger partial charge on any atom is 0.273 e. The molecule has 0 unspecified atom stereocenters. The number of nitro benzene ring substituents is 1. The van der Waals surface area contributed by atoms with Crippen molar-refractivity contribution in [1.29, 1.82) is 0 Å². The molecule has 20 heavy (non-hydrogen) atoms. The lowest BCUT2D eigenvalue weighted by atomic mass is 10.1. The van der Waals surface area contributed by atoms with Crippen molar-refractivity contribution in [2.45, 2.75) is 33.1 Å². The lowest BCUT2D eigenvalue weighted by Gasteiger charge is -2.22. The summed E-state index contributed by atoms with van der Waals surface area (Å²) in [6, 6.07) is 4.72. The first-order valence-corrected chi connectivity index (χ1v) is 7.07. The van der Waals surface area contributed by atoms with E-state index in [2.05, 4.69) is 0 Å². The lowest BCUT2D eigenvalue weighted by Crippen LogP contribution is -2.33. The highest BCUT2D eigenvalue weighted by Crippen LogP contribution is 2.30. The van der Waals surface area contributed by atoms with Crippen LogP contribution in [0.1, 0.15) is 42.1 Å². The summed E-state index contributed by atoms with van der Waals surface area (Å²) in [7, 11) is 0. The molecule has 1 aliphatic rings. The van der Waals surface area contributed by atoms with E-state index in [1.54, 1.807) is 19.1 Å². The normalized spacial score (nSPS) is 14.1. The van der Waals surface area contributed by atoms with Gasteiger partial charge in [0.25, 0.3) is 11.6 Å². The van der Waals surface area contributed by atoms with Gasteiger partial charge in [0.15, 0.2) is 0 Å². The second-order valence-electron chi connectivity index (χ2n) is 5.45. The van der Waals surface area contributed by atoms with Gasteiger partial charge < -0.3 is 4.90 Å².